The Kier molecular flexibility index (Phi) is 20.3. The summed E-state index contributed by atoms with van der Waals surface area (Å²) < 4.78 is 0. The predicted octanol–water partition coefficient (Wildman–Crippen LogP) is 8.72. The van der Waals surface area contributed by atoms with Crippen molar-refractivity contribution in [2.75, 3.05) is 0 Å². The molecule has 0 aromatic rings. The summed E-state index contributed by atoms with van der Waals surface area (Å²) in [5.74, 6) is 1.13. The van der Waals surface area contributed by atoms with Crippen molar-refractivity contribution in [1.29, 1.82) is 0 Å². The number of carbonyl (C=O) groups is 1. The van der Waals surface area contributed by atoms with Gasteiger partial charge in [-0.05, 0) is 25.3 Å². The van der Waals surface area contributed by atoms with Crippen molar-refractivity contribution < 1.29 is 4.79 Å². The molecule has 0 radical (unpaired) electrons. The zero-order valence-corrected chi connectivity index (χ0v) is 19.6. The lowest BCUT2D eigenvalue weighted by atomic mass is 10.0. The van der Waals surface area contributed by atoms with E-state index in [1.54, 1.807) is 6.08 Å². The quantitative estimate of drug-likeness (QED) is 0.124. The van der Waals surface area contributed by atoms with E-state index < -0.39 is 0 Å². The van der Waals surface area contributed by atoms with Gasteiger partial charge in [0.1, 0.15) is 0 Å². The third-order valence-corrected chi connectivity index (χ3v) is 5.44. The minimum atomic E-state index is 0.175. The summed E-state index contributed by atoms with van der Waals surface area (Å²) in [4.78, 5) is 11.6. The van der Waals surface area contributed by atoms with Gasteiger partial charge in [-0.2, -0.15) is 12.6 Å². The van der Waals surface area contributed by atoms with Gasteiger partial charge in [-0.3, -0.25) is 4.79 Å². The van der Waals surface area contributed by atoms with Gasteiger partial charge in [-0.25, -0.2) is 0 Å². The maximum Gasteiger partial charge on any atom is 0.155 e. The Bertz CT molecular complexity index is 346. The van der Waals surface area contributed by atoms with E-state index in [0.29, 0.717) is 6.42 Å². The molecule has 27 heavy (non-hydrogen) atoms. The van der Waals surface area contributed by atoms with Gasteiger partial charge in [0, 0.05) is 11.7 Å². The Morgan fingerprint density at radius 2 is 1.04 bits per heavy atom. The fraction of sp³-hybridized carbons (Fsp3) is 0.880. The molecule has 0 rings (SSSR count). The first-order valence-electron chi connectivity index (χ1n) is 11.9. The van der Waals surface area contributed by atoms with Crippen molar-refractivity contribution in [3.63, 3.8) is 0 Å². The van der Waals surface area contributed by atoms with E-state index in [-0.39, 0.29) is 11.0 Å². The number of rotatable bonds is 20. The number of hydrogen-bond donors (Lipinski definition) is 1. The number of carbonyl (C=O) groups excluding carboxylic acids is 1. The number of hydrogen-bond acceptors (Lipinski definition) is 2. The summed E-state index contributed by atoms with van der Waals surface area (Å²) in [5.41, 5.74) is 0. The highest BCUT2D eigenvalue weighted by molar-refractivity contribution is 7.81. The van der Waals surface area contributed by atoms with Crippen LogP contribution in [0.3, 0.4) is 0 Å². The topological polar surface area (TPSA) is 17.1 Å². The molecule has 1 nitrogen and oxygen atoms in total. The first kappa shape index (κ1) is 26.8. The molecule has 0 aromatic carbocycles. The molecule has 0 bridgehead atoms. The molecule has 1 unspecified atom stereocenters. The number of thiol groups is 1. The molecule has 0 heterocycles. The highest BCUT2D eigenvalue weighted by Gasteiger charge is 1.99. The molecule has 0 spiro atoms. The molecular weight excluding hydrogens is 348 g/mol. The summed E-state index contributed by atoms with van der Waals surface area (Å²) in [6.45, 7) is 6.63. The van der Waals surface area contributed by atoms with Crippen LogP contribution in [0.25, 0.3) is 0 Å². The van der Waals surface area contributed by atoms with Crippen LogP contribution in [0.2, 0.25) is 0 Å². The van der Waals surface area contributed by atoms with Crippen LogP contribution in [0.1, 0.15) is 130 Å². The molecule has 0 amide bonds. The van der Waals surface area contributed by atoms with Crippen molar-refractivity contribution >= 4 is 18.4 Å². The molecule has 0 aliphatic rings. The predicted molar refractivity (Wildman–Crippen MR) is 126 cm³/mol. The minimum Gasteiger partial charge on any atom is -0.295 e. The zero-order chi connectivity index (χ0) is 20.2. The molecule has 1 atom stereocenters. The standard InChI is InChI=1S/C25H48OS/c1-23(2)19-17-15-13-11-9-7-5-4-6-8-10-12-14-16-18-20-25(26)22-21-24(3)27/h21-24,27H,4-20H2,1-3H3/b22-21+. The third kappa shape index (κ3) is 23.7. The van der Waals surface area contributed by atoms with Crippen molar-refractivity contribution in [3.8, 4) is 0 Å². The van der Waals surface area contributed by atoms with Gasteiger partial charge in [-0.1, -0.05) is 116 Å². The van der Waals surface area contributed by atoms with E-state index in [9.17, 15) is 4.79 Å². The van der Waals surface area contributed by atoms with Crippen LogP contribution in [0.4, 0.5) is 0 Å². The average Bonchev–Trinajstić information content (AvgIpc) is 2.62. The maximum atomic E-state index is 11.6. The highest BCUT2D eigenvalue weighted by Crippen LogP contribution is 2.15. The molecule has 2 heteroatoms. The molecule has 0 N–H and O–H groups in total. The fourth-order valence-electron chi connectivity index (χ4n) is 3.48. The van der Waals surface area contributed by atoms with Crippen molar-refractivity contribution in [2.45, 2.75) is 135 Å². The summed E-state index contributed by atoms with van der Waals surface area (Å²) in [5, 5.41) is 0.175. The number of ketones is 1. The molecule has 160 valence electrons. The fourth-order valence-corrected chi connectivity index (χ4v) is 3.57. The lowest BCUT2D eigenvalue weighted by molar-refractivity contribution is -0.114. The van der Waals surface area contributed by atoms with Gasteiger partial charge >= 0.3 is 0 Å². The van der Waals surface area contributed by atoms with Crippen LogP contribution in [0.15, 0.2) is 12.2 Å². The van der Waals surface area contributed by atoms with Crippen LogP contribution < -0.4 is 0 Å². The summed E-state index contributed by atoms with van der Waals surface area (Å²) in [6.07, 6.45) is 26.3. The Hall–Kier alpha value is -0.240. The lowest BCUT2D eigenvalue weighted by Crippen LogP contribution is -1.94. The summed E-state index contributed by atoms with van der Waals surface area (Å²) in [6, 6.07) is 0. The van der Waals surface area contributed by atoms with Crippen LogP contribution in [-0.4, -0.2) is 11.0 Å². The first-order valence-corrected chi connectivity index (χ1v) is 12.4. The first-order chi connectivity index (χ1) is 13.0. The van der Waals surface area contributed by atoms with Gasteiger partial charge in [-0.15, -0.1) is 0 Å². The Balaban J connectivity index is 3.14. The zero-order valence-electron chi connectivity index (χ0n) is 18.7. The number of allylic oxidation sites excluding steroid dienone is 1. The van der Waals surface area contributed by atoms with E-state index in [1.807, 2.05) is 13.0 Å². The SMILES string of the molecule is CC(S)/C=C/C(=O)CCCCCCCCCCCCCCCCCC(C)C. The smallest absolute Gasteiger partial charge is 0.155 e. The summed E-state index contributed by atoms with van der Waals surface area (Å²) in [7, 11) is 0. The van der Waals surface area contributed by atoms with Gasteiger partial charge in [0.25, 0.3) is 0 Å². The van der Waals surface area contributed by atoms with Crippen molar-refractivity contribution in [3.05, 3.63) is 12.2 Å². The van der Waals surface area contributed by atoms with Crippen molar-refractivity contribution in [2.24, 2.45) is 5.92 Å². The summed E-state index contributed by atoms with van der Waals surface area (Å²) >= 11 is 4.24. The average molecular weight is 397 g/mol. The second kappa shape index (κ2) is 20.5. The van der Waals surface area contributed by atoms with Gasteiger partial charge in [0.2, 0.25) is 0 Å². The highest BCUT2D eigenvalue weighted by atomic mass is 32.1. The number of unbranched alkanes of at least 4 members (excludes halogenated alkanes) is 14. The lowest BCUT2D eigenvalue weighted by Gasteiger charge is -2.05. The van der Waals surface area contributed by atoms with Gasteiger partial charge in [0.15, 0.2) is 5.78 Å². The van der Waals surface area contributed by atoms with E-state index in [0.717, 1.165) is 12.3 Å². The van der Waals surface area contributed by atoms with E-state index >= 15 is 0 Å². The van der Waals surface area contributed by atoms with Crippen LogP contribution in [0, 0.1) is 5.92 Å². The van der Waals surface area contributed by atoms with E-state index in [1.165, 1.54) is 96.3 Å². The minimum absolute atomic E-state index is 0.175. The largest absolute Gasteiger partial charge is 0.295 e. The van der Waals surface area contributed by atoms with Crippen LogP contribution >= 0.6 is 12.6 Å². The third-order valence-electron chi connectivity index (χ3n) is 5.27. The molecule has 0 aromatic heterocycles. The molecule has 0 fully saturated rings. The molecule has 0 saturated carbocycles. The van der Waals surface area contributed by atoms with Crippen LogP contribution in [0.5, 0.6) is 0 Å². The van der Waals surface area contributed by atoms with Gasteiger partial charge in [0.05, 0.1) is 0 Å². The van der Waals surface area contributed by atoms with Gasteiger partial charge < -0.3 is 0 Å². The Morgan fingerprint density at radius 3 is 1.41 bits per heavy atom. The van der Waals surface area contributed by atoms with Crippen molar-refractivity contribution in [1.82, 2.24) is 0 Å². The Labute approximate surface area is 176 Å². The normalized spacial score (nSPS) is 12.9. The molecule has 0 aliphatic carbocycles. The monoisotopic (exact) mass is 396 g/mol. The molecule has 0 aliphatic heterocycles. The molecule has 0 saturated heterocycles. The van der Waals surface area contributed by atoms with E-state index in [2.05, 4.69) is 26.5 Å². The van der Waals surface area contributed by atoms with Crippen LogP contribution in [-0.2, 0) is 4.79 Å². The molecular formula is C25H48OS. The second-order valence-corrected chi connectivity index (χ2v) is 9.62. The van der Waals surface area contributed by atoms with E-state index in [4.69, 9.17) is 0 Å². The second-order valence-electron chi connectivity index (χ2n) is 8.80. The maximum absolute atomic E-state index is 11.6. The Morgan fingerprint density at radius 1 is 0.667 bits per heavy atom.